The van der Waals surface area contributed by atoms with Crippen molar-refractivity contribution in [1.82, 2.24) is 9.97 Å². The Hall–Kier alpha value is -3.21. The van der Waals surface area contributed by atoms with Crippen molar-refractivity contribution in [1.29, 1.82) is 0 Å². The zero-order valence-corrected chi connectivity index (χ0v) is 23.5. The first-order valence-electron chi connectivity index (χ1n) is 13.8. The summed E-state index contributed by atoms with van der Waals surface area (Å²) in [7, 11) is -4.23. The van der Waals surface area contributed by atoms with Gasteiger partial charge >= 0.3 is 6.18 Å². The summed E-state index contributed by atoms with van der Waals surface area (Å²) in [4.78, 5) is 8.18. The van der Waals surface area contributed by atoms with Gasteiger partial charge in [-0.3, -0.25) is 0 Å². The maximum atomic E-state index is 14.9. The lowest BCUT2D eigenvalue weighted by Gasteiger charge is -2.45. The third kappa shape index (κ3) is 5.52. The molecule has 41 heavy (non-hydrogen) atoms. The molecule has 3 aromatic rings. The SMILES string of the molecule is CC(C)C[C@@H]1COc2cc(-c3c(F)cccc3C(F)(F)F)nc(n2)NS(=O)(=O)c2cccc(c2)C1C1CC2(CC2)C1. The molecule has 3 aliphatic rings. The van der Waals surface area contributed by atoms with Gasteiger partial charge in [-0.15, -0.1) is 0 Å². The van der Waals surface area contributed by atoms with E-state index in [1.807, 2.05) is 6.07 Å². The van der Waals surface area contributed by atoms with Crippen molar-refractivity contribution in [3.05, 3.63) is 65.5 Å². The second-order valence-corrected chi connectivity index (χ2v) is 13.8. The molecule has 1 spiro atoms. The van der Waals surface area contributed by atoms with E-state index in [1.165, 1.54) is 18.9 Å². The minimum absolute atomic E-state index is 0.00247. The van der Waals surface area contributed by atoms with E-state index in [9.17, 15) is 26.0 Å². The number of nitrogens with zero attached hydrogens (tertiary/aromatic N) is 2. The summed E-state index contributed by atoms with van der Waals surface area (Å²) in [5.41, 5.74) is -1.12. The van der Waals surface area contributed by atoms with Crippen LogP contribution in [0.1, 0.15) is 63.0 Å². The Morgan fingerprint density at radius 3 is 2.49 bits per heavy atom. The number of sulfonamides is 1. The van der Waals surface area contributed by atoms with E-state index in [1.54, 1.807) is 12.1 Å². The Morgan fingerprint density at radius 2 is 1.80 bits per heavy atom. The molecule has 0 radical (unpaired) electrons. The van der Waals surface area contributed by atoms with Crippen molar-refractivity contribution in [3.63, 3.8) is 0 Å². The van der Waals surface area contributed by atoms with Crippen LogP contribution in [0.2, 0.25) is 0 Å². The van der Waals surface area contributed by atoms with Crippen LogP contribution >= 0.6 is 0 Å². The number of alkyl halides is 3. The molecule has 4 bridgehead atoms. The minimum Gasteiger partial charge on any atom is -0.477 e. The summed E-state index contributed by atoms with van der Waals surface area (Å²) in [5, 5.41) is 0. The first-order chi connectivity index (χ1) is 19.3. The fourth-order valence-corrected chi connectivity index (χ4v) is 7.70. The van der Waals surface area contributed by atoms with Gasteiger partial charge in [0.2, 0.25) is 11.8 Å². The Balaban J connectivity index is 1.48. The third-order valence-electron chi connectivity index (χ3n) is 8.64. The molecule has 2 aliphatic carbocycles. The summed E-state index contributed by atoms with van der Waals surface area (Å²) in [6.45, 7) is 4.43. The normalized spacial score (nSPS) is 23.1. The highest BCUT2D eigenvalue weighted by atomic mass is 32.2. The lowest BCUT2D eigenvalue weighted by atomic mass is 9.60. The molecular weight excluding hydrogens is 558 g/mol. The van der Waals surface area contributed by atoms with Gasteiger partial charge in [0.1, 0.15) is 5.82 Å². The number of hydrogen-bond donors (Lipinski definition) is 1. The molecule has 6 rings (SSSR count). The average Bonchev–Trinajstić information content (AvgIpc) is 3.67. The fraction of sp³-hybridized carbons (Fsp3) is 0.467. The van der Waals surface area contributed by atoms with E-state index in [2.05, 4.69) is 28.5 Å². The van der Waals surface area contributed by atoms with E-state index >= 15 is 0 Å². The van der Waals surface area contributed by atoms with Crippen LogP contribution in [0.25, 0.3) is 11.3 Å². The molecule has 0 saturated heterocycles. The lowest BCUT2D eigenvalue weighted by molar-refractivity contribution is -0.137. The summed E-state index contributed by atoms with van der Waals surface area (Å²) in [6.07, 6.45) is 0.527. The second kappa shape index (κ2) is 9.96. The van der Waals surface area contributed by atoms with Crippen LogP contribution < -0.4 is 9.46 Å². The number of rotatable bonds is 4. The fourth-order valence-electron chi connectivity index (χ4n) is 6.70. The highest BCUT2D eigenvalue weighted by Crippen LogP contribution is 2.67. The number of hydrogen-bond acceptors (Lipinski definition) is 5. The molecule has 2 atom stereocenters. The summed E-state index contributed by atoms with van der Waals surface area (Å²) < 4.78 is 91.8. The van der Waals surface area contributed by atoms with Crippen molar-refractivity contribution in [2.75, 3.05) is 11.3 Å². The standard InChI is InChI=1S/C30H31F4N3O3S/c1-17(2)11-19-16-40-25-13-24(27-22(30(32,33)34)7-4-8-23(27)31)35-28(36-25)37-41(38,39)21-6-3-5-18(12-21)26(19)20-14-29(15-20)9-10-29/h3-8,12-13,17,19-20,26H,9-11,14-16H2,1-2H3,(H,35,36,37)/t19-,26?/m1/s1. The number of nitrogens with one attached hydrogen (secondary N) is 1. The van der Waals surface area contributed by atoms with Gasteiger partial charge in [-0.2, -0.15) is 18.2 Å². The number of anilines is 1. The van der Waals surface area contributed by atoms with Gasteiger partial charge in [-0.25, -0.2) is 22.5 Å². The molecule has 1 aliphatic heterocycles. The Labute approximate surface area is 236 Å². The maximum Gasteiger partial charge on any atom is 0.417 e. The molecule has 2 heterocycles. The first-order valence-corrected chi connectivity index (χ1v) is 15.3. The first kappa shape index (κ1) is 27.9. The molecule has 1 aromatic heterocycles. The lowest BCUT2D eigenvalue weighted by Crippen LogP contribution is -2.36. The van der Waals surface area contributed by atoms with Gasteiger partial charge in [-0.1, -0.05) is 32.0 Å². The van der Waals surface area contributed by atoms with Crippen molar-refractivity contribution in [2.24, 2.45) is 23.2 Å². The van der Waals surface area contributed by atoms with E-state index in [0.717, 1.165) is 49.1 Å². The average molecular weight is 590 g/mol. The smallest absolute Gasteiger partial charge is 0.417 e. The number of ether oxygens (including phenoxy) is 1. The van der Waals surface area contributed by atoms with Crippen LogP contribution in [0.3, 0.4) is 0 Å². The number of fused-ring (bicyclic) bond motifs is 4. The Bertz CT molecular complexity index is 1580. The van der Waals surface area contributed by atoms with Crippen LogP contribution in [0, 0.1) is 29.0 Å². The molecule has 0 amide bonds. The van der Waals surface area contributed by atoms with E-state index in [-0.39, 0.29) is 29.2 Å². The molecule has 1 N–H and O–H groups in total. The van der Waals surface area contributed by atoms with Crippen LogP contribution in [-0.4, -0.2) is 25.0 Å². The van der Waals surface area contributed by atoms with Gasteiger partial charge in [0.25, 0.3) is 10.0 Å². The second-order valence-electron chi connectivity index (χ2n) is 12.1. The zero-order valence-electron chi connectivity index (χ0n) is 22.7. The quantitative estimate of drug-likeness (QED) is 0.320. The molecular formula is C30H31F4N3O3S. The predicted molar refractivity (Wildman–Crippen MR) is 145 cm³/mol. The summed E-state index contributed by atoms with van der Waals surface area (Å²) >= 11 is 0. The summed E-state index contributed by atoms with van der Waals surface area (Å²) in [6, 6.07) is 10.6. The van der Waals surface area contributed by atoms with Gasteiger partial charge in [0.05, 0.1) is 22.8 Å². The molecule has 11 heteroatoms. The molecule has 6 nitrogen and oxygen atoms in total. The van der Waals surface area contributed by atoms with Crippen LogP contribution in [0.15, 0.2) is 53.4 Å². The van der Waals surface area contributed by atoms with Crippen LogP contribution in [0.4, 0.5) is 23.5 Å². The highest BCUT2D eigenvalue weighted by Gasteiger charge is 2.55. The van der Waals surface area contributed by atoms with E-state index < -0.39 is 44.8 Å². The van der Waals surface area contributed by atoms with Gasteiger partial charge in [0, 0.05) is 17.5 Å². The van der Waals surface area contributed by atoms with Crippen LogP contribution in [-0.2, 0) is 16.2 Å². The number of benzene rings is 2. The molecule has 2 saturated carbocycles. The highest BCUT2D eigenvalue weighted by molar-refractivity contribution is 7.92. The minimum atomic E-state index is -4.87. The molecule has 218 valence electrons. The molecule has 1 unspecified atom stereocenters. The van der Waals surface area contributed by atoms with Gasteiger partial charge in [0.15, 0.2) is 0 Å². The Kier molecular flexibility index (Phi) is 6.79. The Morgan fingerprint density at radius 1 is 1.07 bits per heavy atom. The largest absolute Gasteiger partial charge is 0.477 e. The zero-order chi connectivity index (χ0) is 29.2. The maximum absolute atomic E-state index is 14.9. The van der Waals surface area contributed by atoms with Crippen molar-refractivity contribution in [3.8, 4) is 17.1 Å². The monoisotopic (exact) mass is 589 g/mol. The predicted octanol–water partition coefficient (Wildman–Crippen LogP) is 7.43. The van der Waals surface area contributed by atoms with Gasteiger partial charge in [-0.05, 0) is 85.1 Å². The van der Waals surface area contributed by atoms with Crippen molar-refractivity contribution < 1.29 is 30.7 Å². The van der Waals surface area contributed by atoms with Gasteiger partial charge < -0.3 is 4.74 Å². The van der Waals surface area contributed by atoms with Crippen molar-refractivity contribution >= 4 is 16.0 Å². The molecule has 2 fully saturated rings. The number of halogens is 4. The summed E-state index contributed by atoms with van der Waals surface area (Å²) in [5.74, 6) is -1.09. The van der Waals surface area contributed by atoms with Crippen molar-refractivity contribution in [2.45, 2.75) is 62.9 Å². The van der Waals surface area contributed by atoms with E-state index in [4.69, 9.17) is 4.74 Å². The molecule has 2 aromatic carbocycles. The number of aromatic nitrogens is 2. The van der Waals surface area contributed by atoms with E-state index in [0.29, 0.717) is 17.3 Å². The van der Waals surface area contributed by atoms with Crippen LogP contribution in [0.5, 0.6) is 5.88 Å². The topological polar surface area (TPSA) is 81.2 Å². The third-order valence-corrected chi connectivity index (χ3v) is 9.97.